The predicted octanol–water partition coefficient (Wildman–Crippen LogP) is 2.44. The molecule has 0 aliphatic rings. The molecular formula is C14H22N2O2. The van der Waals surface area contributed by atoms with Gasteiger partial charge in [0.2, 0.25) is 5.91 Å². The van der Waals surface area contributed by atoms with E-state index in [1.165, 1.54) is 0 Å². The van der Waals surface area contributed by atoms with Gasteiger partial charge in [-0.05, 0) is 45.0 Å². The van der Waals surface area contributed by atoms with E-state index in [0.29, 0.717) is 18.7 Å². The van der Waals surface area contributed by atoms with E-state index in [4.69, 9.17) is 10.5 Å². The molecule has 0 bridgehead atoms. The average Bonchev–Trinajstić information content (AvgIpc) is 2.32. The second-order valence-electron chi connectivity index (χ2n) is 4.87. The van der Waals surface area contributed by atoms with Crippen LogP contribution in [0.5, 0.6) is 0 Å². The maximum atomic E-state index is 12.2. The van der Waals surface area contributed by atoms with Crippen molar-refractivity contribution in [1.82, 2.24) is 0 Å². The van der Waals surface area contributed by atoms with E-state index in [9.17, 15) is 4.79 Å². The summed E-state index contributed by atoms with van der Waals surface area (Å²) in [4.78, 5) is 14.0. The molecule has 0 saturated heterocycles. The number of methoxy groups -OCH3 is 1. The zero-order valence-corrected chi connectivity index (χ0v) is 11.6. The molecule has 0 aromatic heterocycles. The van der Waals surface area contributed by atoms with Crippen LogP contribution in [0.2, 0.25) is 0 Å². The number of nitrogen functional groups attached to an aromatic ring is 1. The lowest BCUT2D eigenvalue weighted by Gasteiger charge is -2.27. The Bertz CT molecular complexity index is 399. The number of amides is 1. The lowest BCUT2D eigenvalue weighted by Crippen LogP contribution is -2.37. The molecule has 0 saturated carbocycles. The molecule has 0 spiro atoms. The molecule has 4 heteroatoms. The first kappa shape index (κ1) is 14.5. The molecule has 18 heavy (non-hydrogen) atoms. The van der Waals surface area contributed by atoms with Gasteiger partial charge in [-0.15, -0.1) is 0 Å². The van der Waals surface area contributed by atoms with Crippen LogP contribution in [0.4, 0.5) is 11.4 Å². The Kier molecular flexibility index (Phi) is 4.73. The summed E-state index contributed by atoms with van der Waals surface area (Å²) in [5, 5.41) is 0. The summed E-state index contributed by atoms with van der Waals surface area (Å²) in [6.45, 7) is 6.39. The van der Waals surface area contributed by atoms with Crippen molar-refractivity contribution >= 4 is 17.3 Å². The first-order chi connectivity index (χ1) is 8.39. The monoisotopic (exact) mass is 250 g/mol. The molecule has 0 radical (unpaired) electrons. The summed E-state index contributed by atoms with van der Waals surface area (Å²) in [5.41, 5.74) is 6.76. The Hall–Kier alpha value is -1.55. The summed E-state index contributed by atoms with van der Waals surface area (Å²) in [6, 6.07) is 7.31. The van der Waals surface area contributed by atoms with E-state index in [1.54, 1.807) is 24.1 Å². The Morgan fingerprint density at radius 1 is 1.33 bits per heavy atom. The molecule has 1 aromatic rings. The van der Waals surface area contributed by atoms with E-state index in [0.717, 1.165) is 5.69 Å². The molecule has 1 amide bonds. The molecule has 0 unspecified atom stereocenters. The van der Waals surface area contributed by atoms with Crippen molar-refractivity contribution in [3.05, 3.63) is 24.3 Å². The van der Waals surface area contributed by atoms with E-state index in [-0.39, 0.29) is 5.91 Å². The summed E-state index contributed by atoms with van der Waals surface area (Å²) in [5.74, 6) is 0.0501. The fourth-order valence-electron chi connectivity index (χ4n) is 1.69. The number of carbonyl (C=O) groups is 1. The molecule has 1 rings (SSSR count). The number of rotatable bonds is 5. The second kappa shape index (κ2) is 5.87. The van der Waals surface area contributed by atoms with Gasteiger partial charge >= 0.3 is 0 Å². The highest BCUT2D eigenvalue weighted by molar-refractivity contribution is 5.94. The summed E-state index contributed by atoms with van der Waals surface area (Å²) >= 11 is 0. The number of ether oxygens (including phenoxy) is 1. The first-order valence-electron chi connectivity index (χ1n) is 6.10. The van der Waals surface area contributed by atoms with Gasteiger partial charge in [0.15, 0.2) is 0 Å². The van der Waals surface area contributed by atoms with Crippen molar-refractivity contribution in [3.8, 4) is 0 Å². The van der Waals surface area contributed by atoms with Gasteiger partial charge in [0, 0.05) is 25.0 Å². The van der Waals surface area contributed by atoms with Crippen molar-refractivity contribution < 1.29 is 9.53 Å². The minimum absolute atomic E-state index is 0.0501. The fourth-order valence-corrected chi connectivity index (χ4v) is 1.69. The standard InChI is InChI=1S/C14H22N2O2/c1-5-16(12-8-6-11(15)7-9-12)13(17)10-14(2,3)18-4/h6-9H,5,10,15H2,1-4H3. The quantitative estimate of drug-likeness (QED) is 0.817. The van der Waals surface area contributed by atoms with Crippen LogP contribution >= 0.6 is 0 Å². The molecule has 2 N–H and O–H groups in total. The van der Waals surface area contributed by atoms with Crippen molar-refractivity contribution in [2.75, 3.05) is 24.3 Å². The number of nitrogens with zero attached hydrogens (tertiary/aromatic N) is 1. The number of nitrogens with two attached hydrogens (primary N) is 1. The van der Waals surface area contributed by atoms with Gasteiger partial charge in [-0.25, -0.2) is 0 Å². The SMILES string of the molecule is CCN(C(=O)CC(C)(C)OC)c1ccc(N)cc1. The molecule has 0 heterocycles. The van der Waals surface area contributed by atoms with Crippen LogP contribution in [0.15, 0.2) is 24.3 Å². The van der Waals surface area contributed by atoms with E-state index >= 15 is 0 Å². The van der Waals surface area contributed by atoms with Gasteiger partial charge in [0.05, 0.1) is 12.0 Å². The lowest BCUT2D eigenvalue weighted by atomic mass is 10.0. The number of benzene rings is 1. The average molecular weight is 250 g/mol. The normalized spacial score (nSPS) is 11.3. The third-order valence-corrected chi connectivity index (χ3v) is 2.95. The first-order valence-corrected chi connectivity index (χ1v) is 6.10. The highest BCUT2D eigenvalue weighted by atomic mass is 16.5. The minimum Gasteiger partial charge on any atom is -0.399 e. The Morgan fingerprint density at radius 3 is 2.33 bits per heavy atom. The van der Waals surface area contributed by atoms with E-state index in [1.807, 2.05) is 32.9 Å². The number of hydrogen-bond acceptors (Lipinski definition) is 3. The van der Waals surface area contributed by atoms with Crippen molar-refractivity contribution in [2.45, 2.75) is 32.8 Å². The van der Waals surface area contributed by atoms with Crippen LogP contribution in [0.25, 0.3) is 0 Å². The third-order valence-electron chi connectivity index (χ3n) is 2.95. The summed E-state index contributed by atoms with van der Waals surface area (Å²) in [7, 11) is 1.62. The molecule has 0 aliphatic carbocycles. The van der Waals surface area contributed by atoms with Crippen LogP contribution < -0.4 is 10.6 Å². The van der Waals surface area contributed by atoms with Gasteiger partial charge in [0.25, 0.3) is 0 Å². The molecular weight excluding hydrogens is 228 g/mol. The molecule has 1 aromatic carbocycles. The number of anilines is 2. The van der Waals surface area contributed by atoms with Gasteiger partial charge in [0.1, 0.15) is 0 Å². The highest BCUT2D eigenvalue weighted by Crippen LogP contribution is 2.20. The Morgan fingerprint density at radius 2 is 1.89 bits per heavy atom. The van der Waals surface area contributed by atoms with Gasteiger partial charge < -0.3 is 15.4 Å². The highest BCUT2D eigenvalue weighted by Gasteiger charge is 2.24. The third kappa shape index (κ3) is 3.74. The van der Waals surface area contributed by atoms with Crippen LogP contribution in [-0.2, 0) is 9.53 Å². The smallest absolute Gasteiger partial charge is 0.229 e. The van der Waals surface area contributed by atoms with E-state index in [2.05, 4.69) is 0 Å². The fraction of sp³-hybridized carbons (Fsp3) is 0.500. The van der Waals surface area contributed by atoms with Crippen LogP contribution in [0.1, 0.15) is 27.2 Å². The second-order valence-corrected chi connectivity index (χ2v) is 4.87. The lowest BCUT2D eigenvalue weighted by molar-refractivity contribution is -0.123. The van der Waals surface area contributed by atoms with Crippen molar-refractivity contribution in [3.63, 3.8) is 0 Å². The van der Waals surface area contributed by atoms with Gasteiger partial charge in [-0.2, -0.15) is 0 Å². The largest absolute Gasteiger partial charge is 0.399 e. The number of carbonyl (C=O) groups excluding carboxylic acids is 1. The molecule has 0 aliphatic heterocycles. The van der Waals surface area contributed by atoms with Crippen molar-refractivity contribution in [1.29, 1.82) is 0 Å². The topological polar surface area (TPSA) is 55.6 Å². The predicted molar refractivity (Wildman–Crippen MR) is 74.6 cm³/mol. The van der Waals surface area contributed by atoms with Crippen LogP contribution in [0.3, 0.4) is 0 Å². The molecule has 0 atom stereocenters. The van der Waals surface area contributed by atoms with E-state index < -0.39 is 5.60 Å². The Labute approximate surface area is 109 Å². The molecule has 100 valence electrons. The van der Waals surface area contributed by atoms with Crippen molar-refractivity contribution in [2.24, 2.45) is 0 Å². The Balaban J connectivity index is 2.83. The van der Waals surface area contributed by atoms with Crippen LogP contribution in [-0.4, -0.2) is 25.2 Å². The number of hydrogen-bond donors (Lipinski definition) is 1. The zero-order chi connectivity index (χ0) is 13.8. The maximum Gasteiger partial charge on any atom is 0.229 e. The van der Waals surface area contributed by atoms with Crippen LogP contribution in [0, 0.1) is 0 Å². The zero-order valence-electron chi connectivity index (χ0n) is 11.6. The molecule has 0 fully saturated rings. The minimum atomic E-state index is -0.446. The van der Waals surface area contributed by atoms with Gasteiger partial charge in [-0.3, -0.25) is 4.79 Å². The van der Waals surface area contributed by atoms with Gasteiger partial charge in [-0.1, -0.05) is 0 Å². The maximum absolute atomic E-state index is 12.2. The summed E-state index contributed by atoms with van der Waals surface area (Å²) in [6.07, 6.45) is 0.349. The summed E-state index contributed by atoms with van der Waals surface area (Å²) < 4.78 is 5.29. The molecule has 4 nitrogen and oxygen atoms in total.